The number of hydrogen-bond acceptors (Lipinski definition) is 3. The van der Waals surface area contributed by atoms with E-state index >= 15 is 0 Å². The minimum absolute atomic E-state index is 0. The Labute approximate surface area is 135 Å². The highest BCUT2D eigenvalue weighted by molar-refractivity contribution is 5.94. The third-order valence-corrected chi connectivity index (χ3v) is 5.25. The number of nitrogens with one attached hydrogen (secondary N) is 2. The summed E-state index contributed by atoms with van der Waals surface area (Å²) >= 11 is 0. The van der Waals surface area contributed by atoms with E-state index in [1.54, 1.807) is 0 Å². The van der Waals surface area contributed by atoms with Crippen molar-refractivity contribution in [2.45, 2.75) is 25.7 Å². The van der Waals surface area contributed by atoms with E-state index in [-0.39, 0.29) is 23.9 Å². The number of carbonyl (C=O) groups is 1. The minimum Gasteiger partial charge on any atom is -0.338 e. The zero-order chi connectivity index (χ0) is 14.4. The number of aryl methyl sites for hydroxylation is 2. The summed E-state index contributed by atoms with van der Waals surface area (Å²) in [4.78, 5) is 29.7. The monoisotopic (exact) mass is 323 g/mol. The van der Waals surface area contributed by atoms with E-state index in [4.69, 9.17) is 0 Å². The van der Waals surface area contributed by atoms with Gasteiger partial charge in [0.1, 0.15) is 5.56 Å². The van der Waals surface area contributed by atoms with Gasteiger partial charge in [0.2, 0.25) is 0 Å². The molecule has 0 bridgehead atoms. The standard InChI is InChI=1S/C16H21N3O2.ClH/c20-15-13(5-10-3-1-2-4-14(10)18-15)16(21)19-8-11-6-17-7-12(11)9-19;/h5,11-12,17H,1-4,6-9H2,(H,18,20);1H/t11-,12+;. The number of nitrogens with zero attached hydrogens (tertiary/aromatic N) is 1. The fourth-order valence-corrected chi connectivity index (χ4v) is 4.03. The molecule has 120 valence electrons. The largest absolute Gasteiger partial charge is 0.338 e. The first-order valence-corrected chi connectivity index (χ1v) is 7.97. The predicted molar refractivity (Wildman–Crippen MR) is 86.7 cm³/mol. The van der Waals surface area contributed by atoms with Crippen LogP contribution < -0.4 is 10.9 Å². The van der Waals surface area contributed by atoms with Crippen LogP contribution in [0, 0.1) is 11.8 Å². The lowest BCUT2D eigenvalue weighted by Crippen LogP contribution is -2.36. The number of amides is 1. The molecule has 3 aliphatic rings. The zero-order valence-corrected chi connectivity index (χ0v) is 13.4. The molecule has 5 nitrogen and oxygen atoms in total. The van der Waals surface area contributed by atoms with Gasteiger partial charge in [0.15, 0.2) is 0 Å². The number of hydrogen-bond donors (Lipinski definition) is 2. The van der Waals surface area contributed by atoms with E-state index in [0.29, 0.717) is 17.4 Å². The van der Waals surface area contributed by atoms with Gasteiger partial charge >= 0.3 is 0 Å². The summed E-state index contributed by atoms with van der Waals surface area (Å²) < 4.78 is 0. The van der Waals surface area contributed by atoms with Crippen LogP contribution in [0.3, 0.4) is 0 Å². The molecule has 2 N–H and O–H groups in total. The van der Waals surface area contributed by atoms with Crippen LogP contribution in [0.5, 0.6) is 0 Å². The molecule has 0 aromatic carbocycles. The van der Waals surface area contributed by atoms with Crippen molar-refractivity contribution >= 4 is 18.3 Å². The van der Waals surface area contributed by atoms with Crippen LogP contribution in [0.4, 0.5) is 0 Å². The van der Waals surface area contributed by atoms with Gasteiger partial charge in [-0.15, -0.1) is 12.4 Å². The second-order valence-electron chi connectivity index (χ2n) is 6.61. The number of pyridine rings is 1. The Balaban J connectivity index is 0.00000144. The molecule has 1 aromatic rings. The number of halogens is 1. The SMILES string of the molecule is Cl.O=C(c1cc2c([nH]c1=O)CCCC2)N1C[C@H]2CNC[C@H]2C1. The average molecular weight is 324 g/mol. The van der Waals surface area contributed by atoms with Crippen LogP contribution in [0.1, 0.15) is 34.5 Å². The van der Waals surface area contributed by atoms with Gasteiger partial charge in [-0.1, -0.05) is 0 Å². The molecule has 2 saturated heterocycles. The Kier molecular flexibility index (Phi) is 4.28. The van der Waals surface area contributed by atoms with Gasteiger partial charge in [-0.25, -0.2) is 0 Å². The summed E-state index contributed by atoms with van der Waals surface area (Å²) in [6.07, 6.45) is 4.17. The second-order valence-corrected chi connectivity index (χ2v) is 6.61. The first kappa shape index (κ1) is 15.6. The number of rotatable bonds is 1. The Morgan fingerprint density at radius 1 is 1.14 bits per heavy atom. The molecule has 1 aliphatic carbocycles. The highest BCUT2D eigenvalue weighted by Crippen LogP contribution is 2.27. The van der Waals surface area contributed by atoms with Gasteiger partial charge in [-0.3, -0.25) is 9.59 Å². The number of aromatic nitrogens is 1. The van der Waals surface area contributed by atoms with Crippen molar-refractivity contribution in [3.05, 3.63) is 33.2 Å². The summed E-state index contributed by atoms with van der Waals surface area (Å²) in [5, 5.41) is 3.37. The van der Waals surface area contributed by atoms with Gasteiger partial charge in [0.25, 0.3) is 11.5 Å². The number of fused-ring (bicyclic) bond motifs is 2. The van der Waals surface area contributed by atoms with Gasteiger partial charge in [0, 0.05) is 31.9 Å². The molecule has 22 heavy (non-hydrogen) atoms. The molecular formula is C16H22ClN3O2. The zero-order valence-electron chi connectivity index (χ0n) is 12.6. The van der Waals surface area contributed by atoms with Crippen LogP contribution in [-0.4, -0.2) is 42.0 Å². The van der Waals surface area contributed by atoms with Crippen molar-refractivity contribution < 1.29 is 4.79 Å². The molecule has 1 amide bonds. The predicted octanol–water partition coefficient (Wildman–Crippen LogP) is 0.967. The minimum atomic E-state index is -0.212. The van der Waals surface area contributed by atoms with Gasteiger partial charge in [-0.05, 0) is 49.1 Å². The average Bonchev–Trinajstić information content (AvgIpc) is 3.07. The Bertz CT molecular complexity index is 631. The molecule has 2 atom stereocenters. The molecular weight excluding hydrogens is 302 g/mol. The van der Waals surface area contributed by atoms with E-state index in [2.05, 4.69) is 10.3 Å². The molecule has 3 heterocycles. The normalized spacial score (nSPS) is 26.3. The Morgan fingerprint density at radius 2 is 1.82 bits per heavy atom. The van der Waals surface area contributed by atoms with Crippen LogP contribution in [0.15, 0.2) is 10.9 Å². The van der Waals surface area contributed by atoms with Crippen LogP contribution in [0.2, 0.25) is 0 Å². The molecule has 4 rings (SSSR count). The highest BCUT2D eigenvalue weighted by atomic mass is 35.5. The van der Waals surface area contributed by atoms with Gasteiger partial charge < -0.3 is 15.2 Å². The number of carbonyl (C=O) groups excluding carboxylic acids is 1. The summed E-state index contributed by atoms with van der Waals surface area (Å²) in [6.45, 7) is 3.56. The van der Waals surface area contributed by atoms with Crippen molar-refractivity contribution in [1.82, 2.24) is 15.2 Å². The smallest absolute Gasteiger partial charge is 0.261 e. The molecule has 2 aliphatic heterocycles. The van der Waals surface area contributed by atoms with Crippen molar-refractivity contribution in [2.75, 3.05) is 26.2 Å². The van der Waals surface area contributed by atoms with Crippen LogP contribution in [0.25, 0.3) is 0 Å². The maximum atomic E-state index is 12.7. The highest BCUT2D eigenvalue weighted by Gasteiger charge is 2.38. The van der Waals surface area contributed by atoms with Gasteiger partial charge in [0.05, 0.1) is 0 Å². The Morgan fingerprint density at radius 3 is 2.55 bits per heavy atom. The lowest BCUT2D eigenvalue weighted by Gasteiger charge is -2.20. The fourth-order valence-electron chi connectivity index (χ4n) is 4.03. The van der Waals surface area contributed by atoms with E-state index in [9.17, 15) is 9.59 Å². The third kappa shape index (κ3) is 2.57. The van der Waals surface area contributed by atoms with Gasteiger partial charge in [-0.2, -0.15) is 0 Å². The summed E-state index contributed by atoms with van der Waals surface area (Å²) in [7, 11) is 0. The quantitative estimate of drug-likeness (QED) is 0.809. The van der Waals surface area contributed by atoms with E-state index in [1.807, 2.05) is 11.0 Å². The van der Waals surface area contributed by atoms with Crippen molar-refractivity contribution in [3.8, 4) is 0 Å². The Hall–Kier alpha value is -1.33. The van der Waals surface area contributed by atoms with Crippen LogP contribution >= 0.6 is 12.4 Å². The number of H-pyrrole nitrogens is 1. The van der Waals surface area contributed by atoms with E-state index in [1.165, 1.54) is 0 Å². The molecule has 1 aromatic heterocycles. The molecule has 6 heteroatoms. The van der Waals surface area contributed by atoms with Crippen molar-refractivity contribution in [2.24, 2.45) is 11.8 Å². The molecule has 0 radical (unpaired) electrons. The molecule has 0 unspecified atom stereocenters. The molecule has 0 saturated carbocycles. The van der Waals surface area contributed by atoms with E-state index in [0.717, 1.165) is 63.1 Å². The summed E-state index contributed by atoms with van der Waals surface area (Å²) in [5.74, 6) is 1.04. The fraction of sp³-hybridized carbons (Fsp3) is 0.625. The number of aromatic amines is 1. The maximum absolute atomic E-state index is 12.7. The molecule has 2 fully saturated rings. The van der Waals surface area contributed by atoms with Crippen molar-refractivity contribution in [1.29, 1.82) is 0 Å². The maximum Gasteiger partial charge on any atom is 0.261 e. The third-order valence-electron chi connectivity index (χ3n) is 5.25. The first-order chi connectivity index (χ1) is 10.2. The van der Waals surface area contributed by atoms with Crippen LogP contribution in [-0.2, 0) is 12.8 Å². The summed E-state index contributed by atoms with van der Waals surface area (Å²) in [5.41, 5.74) is 2.31. The number of likely N-dealkylation sites (tertiary alicyclic amines) is 1. The topological polar surface area (TPSA) is 65.2 Å². The lowest BCUT2D eigenvalue weighted by atomic mass is 9.95. The summed E-state index contributed by atoms with van der Waals surface area (Å²) in [6, 6.07) is 1.85. The lowest BCUT2D eigenvalue weighted by molar-refractivity contribution is 0.0779. The van der Waals surface area contributed by atoms with Crippen molar-refractivity contribution in [3.63, 3.8) is 0 Å². The second kappa shape index (κ2) is 6.05. The first-order valence-electron chi connectivity index (χ1n) is 7.97. The van der Waals surface area contributed by atoms with E-state index < -0.39 is 0 Å². The molecule has 0 spiro atoms.